The molecule has 0 saturated carbocycles. The first-order chi connectivity index (χ1) is 8.66. The predicted octanol–water partition coefficient (Wildman–Crippen LogP) is 1.07. The molecule has 1 aromatic rings. The number of hydrogen-bond acceptors (Lipinski definition) is 4. The summed E-state index contributed by atoms with van der Waals surface area (Å²) in [4.78, 5) is 36.2. The average molecular weight is 331 g/mol. The van der Waals surface area contributed by atoms with Crippen LogP contribution in [0, 0.1) is 6.92 Å². The molecule has 0 spiro atoms. The number of aromatic nitrogens is 2. The number of ether oxygens (including phenoxy) is 1. The number of carbonyl (C=O) groups excluding carboxylic acids is 1. The van der Waals surface area contributed by atoms with Crippen LogP contribution in [0.1, 0.15) is 11.7 Å². The fourth-order valence-corrected chi connectivity index (χ4v) is 1.74. The second-order valence-corrected chi connectivity index (χ2v) is 5.93. The number of rotatable bonds is 2. The molecule has 19 heavy (non-hydrogen) atoms. The van der Waals surface area contributed by atoms with E-state index in [4.69, 9.17) is 34.8 Å². The fraction of sp³-hybridized carbons (Fsp3) is 0.444. The standard InChI is InChI=1S/C9H10Cl3N3O4/c1-4-3-15(7(17)13-5(4)16)6(9(10,11)12)14-8(18)19-2/h3,6H,1-2H3,(H,14,18)(H,13,16,17). The maximum atomic E-state index is 11.7. The summed E-state index contributed by atoms with van der Waals surface area (Å²) in [5.74, 6) is 0. The first kappa shape index (κ1) is 15.9. The molecule has 1 atom stereocenters. The van der Waals surface area contributed by atoms with Crippen molar-refractivity contribution in [1.29, 1.82) is 0 Å². The van der Waals surface area contributed by atoms with Gasteiger partial charge in [-0.25, -0.2) is 9.59 Å². The zero-order valence-corrected chi connectivity index (χ0v) is 12.1. The molecule has 0 bridgehead atoms. The van der Waals surface area contributed by atoms with E-state index < -0.39 is 27.3 Å². The quantitative estimate of drug-likeness (QED) is 0.793. The molecule has 1 unspecified atom stereocenters. The number of halogens is 3. The Bertz CT molecular complexity index is 590. The van der Waals surface area contributed by atoms with Crippen molar-refractivity contribution < 1.29 is 9.53 Å². The molecule has 0 fully saturated rings. The van der Waals surface area contributed by atoms with Gasteiger partial charge in [-0.05, 0) is 6.92 Å². The number of hydrogen-bond donors (Lipinski definition) is 2. The lowest BCUT2D eigenvalue weighted by atomic mass is 10.4. The van der Waals surface area contributed by atoms with Gasteiger partial charge in [0.25, 0.3) is 5.56 Å². The van der Waals surface area contributed by atoms with Gasteiger partial charge in [-0.2, -0.15) is 0 Å². The Labute approximate surface area is 122 Å². The van der Waals surface area contributed by atoms with Gasteiger partial charge in [0.15, 0.2) is 6.17 Å². The molecule has 1 aromatic heterocycles. The van der Waals surface area contributed by atoms with Crippen molar-refractivity contribution in [2.75, 3.05) is 7.11 Å². The summed E-state index contributed by atoms with van der Waals surface area (Å²) >= 11 is 17.1. The van der Waals surface area contributed by atoms with Crippen LogP contribution in [0.2, 0.25) is 0 Å². The summed E-state index contributed by atoms with van der Waals surface area (Å²) in [5, 5.41) is 2.19. The molecule has 7 nitrogen and oxygen atoms in total. The van der Waals surface area contributed by atoms with E-state index in [-0.39, 0.29) is 5.56 Å². The zero-order valence-electron chi connectivity index (χ0n) is 9.87. The minimum Gasteiger partial charge on any atom is -0.453 e. The second kappa shape index (κ2) is 5.85. The van der Waals surface area contributed by atoms with Gasteiger partial charge in [0, 0.05) is 11.8 Å². The molecule has 0 saturated heterocycles. The van der Waals surface area contributed by atoms with Crippen molar-refractivity contribution in [3.8, 4) is 0 Å². The van der Waals surface area contributed by atoms with E-state index in [0.717, 1.165) is 11.7 Å². The normalized spacial score (nSPS) is 12.9. The van der Waals surface area contributed by atoms with Crippen molar-refractivity contribution in [2.24, 2.45) is 0 Å². The third-order valence-corrected chi connectivity index (χ3v) is 2.79. The Hall–Kier alpha value is -1.18. The van der Waals surface area contributed by atoms with E-state index in [1.165, 1.54) is 13.1 Å². The summed E-state index contributed by atoms with van der Waals surface area (Å²) in [6.45, 7) is 1.46. The molecule has 1 rings (SSSR count). The van der Waals surface area contributed by atoms with Gasteiger partial charge in [0.2, 0.25) is 3.79 Å². The van der Waals surface area contributed by atoms with Gasteiger partial charge in [0.05, 0.1) is 7.11 Å². The number of nitrogens with zero attached hydrogens (tertiary/aromatic N) is 1. The molecule has 0 aliphatic heterocycles. The van der Waals surface area contributed by atoms with Crippen LogP contribution in [0.5, 0.6) is 0 Å². The number of nitrogens with one attached hydrogen (secondary N) is 2. The molecular weight excluding hydrogens is 320 g/mol. The third-order valence-electron chi connectivity index (χ3n) is 2.17. The summed E-state index contributed by atoms with van der Waals surface area (Å²) in [7, 11) is 1.12. The largest absolute Gasteiger partial charge is 0.453 e. The molecule has 10 heteroatoms. The van der Waals surface area contributed by atoms with Crippen molar-refractivity contribution in [2.45, 2.75) is 16.9 Å². The topological polar surface area (TPSA) is 93.2 Å². The Morgan fingerprint density at radius 1 is 1.47 bits per heavy atom. The maximum absolute atomic E-state index is 11.7. The molecule has 0 aromatic carbocycles. The highest BCUT2D eigenvalue weighted by Gasteiger charge is 2.36. The number of alkyl carbamates (subject to hydrolysis) is 1. The molecular formula is C9H10Cl3N3O4. The smallest absolute Gasteiger partial charge is 0.408 e. The molecule has 0 aliphatic carbocycles. The first-order valence-corrected chi connectivity index (χ1v) is 6.03. The molecule has 1 heterocycles. The van der Waals surface area contributed by atoms with Crippen LogP contribution in [0.25, 0.3) is 0 Å². The highest BCUT2D eigenvalue weighted by molar-refractivity contribution is 6.67. The van der Waals surface area contributed by atoms with Crippen LogP contribution in [0.15, 0.2) is 15.8 Å². The van der Waals surface area contributed by atoms with E-state index in [1.54, 1.807) is 0 Å². The van der Waals surface area contributed by atoms with E-state index in [9.17, 15) is 14.4 Å². The Morgan fingerprint density at radius 2 is 2.05 bits per heavy atom. The van der Waals surface area contributed by atoms with Crippen LogP contribution in [-0.2, 0) is 4.74 Å². The van der Waals surface area contributed by atoms with Crippen LogP contribution in [0.4, 0.5) is 4.79 Å². The molecule has 1 amide bonds. The van der Waals surface area contributed by atoms with Gasteiger partial charge in [-0.3, -0.25) is 19.7 Å². The second-order valence-electron chi connectivity index (χ2n) is 3.56. The average Bonchev–Trinajstić information content (AvgIpc) is 2.29. The lowest BCUT2D eigenvalue weighted by Crippen LogP contribution is -2.46. The lowest BCUT2D eigenvalue weighted by Gasteiger charge is -2.26. The highest BCUT2D eigenvalue weighted by Crippen LogP contribution is 2.35. The van der Waals surface area contributed by atoms with E-state index >= 15 is 0 Å². The number of methoxy groups -OCH3 is 1. The third kappa shape index (κ3) is 3.89. The van der Waals surface area contributed by atoms with Crippen molar-refractivity contribution >= 4 is 40.9 Å². The number of amides is 1. The SMILES string of the molecule is COC(=O)NC(n1cc(C)c(=O)[nH]c1=O)C(Cl)(Cl)Cl. The molecule has 0 aliphatic rings. The van der Waals surface area contributed by atoms with Crippen LogP contribution in [-0.4, -0.2) is 26.5 Å². The minimum absolute atomic E-state index is 0.213. The highest BCUT2D eigenvalue weighted by atomic mass is 35.6. The Balaban J connectivity index is 3.34. The van der Waals surface area contributed by atoms with E-state index in [2.05, 4.69) is 10.1 Å². The minimum atomic E-state index is -2.03. The number of aromatic amines is 1. The number of carbonyl (C=O) groups is 1. The van der Waals surface area contributed by atoms with Gasteiger partial charge in [-0.15, -0.1) is 0 Å². The van der Waals surface area contributed by atoms with Crippen molar-refractivity contribution in [3.63, 3.8) is 0 Å². The summed E-state index contributed by atoms with van der Waals surface area (Å²) in [6, 6.07) is 0. The monoisotopic (exact) mass is 329 g/mol. The number of H-pyrrole nitrogens is 1. The van der Waals surface area contributed by atoms with Gasteiger partial charge >= 0.3 is 11.8 Å². The zero-order chi connectivity index (χ0) is 14.8. The van der Waals surface area contributed by atoms with Crippen LogP contribution in [0.3, 0.4) is 0 Å². The maximum Gasteiger partial charge on any atom is 0.408 e. The summed E-state index contributed by atoms with van der Waals surface area (Å²) < 4.78 is 3.24. The first-order valence-electron chi connectivity index (χ1n) is 4.90. The van der Waals surface area contributed by atoms with Crippen molar-refractivity contribution in [1.82, 2.24) is 14.9 Å². The summed E-state index contributed by atoms with van der Waals surface area (Å²) in [5.41, 5.74) is -1.18. The Kier molecular flexibility index (Phi) is 4.89. The van der Waals surface area contributed by atoms with Crippen LogP contribution >= 0.6 is 34.8 Å². The number of aryl methyl sites for hydroxylation is 1. The molecule has 0 radical (unpaired) electrons. The summed E-state index contributed by atoms with van der Waals surface area (Å²) in [6.07, 6.45) is -1.07. The van der Waals surface area contributed by atoms with Gasteiger partial charge < -0.3 is 4.74 Å². The van der Waals surface area contributed by atoms with Crippen molar-refractivity contribution in [3.05, 3.63) is 32.6 Å². The molecule has 2 N–H and O–H groups in total. The van der Waals surface area contributed by atoms with E-state index in [1.807, 2.05) is 4.98 Å². The predicted molar refractivity (Wildman–Crippen MR) is 70.9 cm³/mol. The fourth-order valence-electron chi connectivity index (χ4n) is 1.26. The lowest BCUT2D eigenvalue weighted by molar-refractivity contribution is 0.161. The van der Waals surface area contributed by atoms with Gasteiger partial charge in [0.1, 0.15) is 0 Å². The van der Waals surface area contributed by atoms with E-state index in [0.29, 0.717) is 0 Å². The Morgan fingerprint density at radius 3 is 2.53 bits per heavy atom. The van der Waals surface area contributed by atoms with Gasteiger partial charge in [-0.1, -0.05) is 34.8 Å². The van der Waals surface area contributed by atoms with Crippen LogP contribution < -0.4 is 16.6 Å². The number of alkyl halides is 3. The molecule has 106 valence electrons.